The molecule has 2 heterocycles. The number of imide groups is 1. The lowest BCUT2D eigenvalue weighted by Crippen LogP contribution is -2.41. The molecule has 2 aliphatic heterocycles. The first-order valence-electron chi connectivity index (χ1n) is 11.1. The Hall–Kier alpha value is -3.19. The molecule has 33 heavy (non-hydrogen) atoms. The Morgan fingerprint density at radius 1 is 1.03 bits per heavy atom. The van der Waals surface area contributed by atoms with Crippen LogP contribution in [0.4, 0.5) is 5.69 Å². The van der Waals surface area contributed by atoms with Gasteiger partial charge in [0.1, 0.15) is 6.10 Å². The number of rotatable bonds is 4. The minimum atomic E-state index is -0.433. The summed E-state index contributed by atoms with van der Waals surface area (Å²) in [5.41, 5.74) is 2.62. The number of halogens is 1. The Balaban J connectivity index is 1.28. The first-order valence-corrected chi connectivity index (χ1v) is 11.5. The molecule has 2 aliphatic carbocycles. The summed E-state index contributed by atoms with van der Waals surface area (Å²) in [6, 6.07) is 13.9. The second-order valence-electron chi connectivity index (χ2n) is 8.97. The third kappa shape index (κ3) is 2.88. The Morgan fingerprint density at radius 3 is 2.36 bits per heavy atom. The van der Waals surface area contributed by atoms with Gasteiger partial charge in [-0.05, 0) is 61.2 Å². The second-order valence-corrected chi connectivity index (χ2v) is 9.41. The molecule has 2 aromatic carbocycles. The summed E-state index contributed by atoms with van der Waals surface area (Å²) in [4.78, 5) is 45.9. The van der Waals surface area contributed by atoms with Gasteiger partial charge in [0.2, 0.25) is 11.8 Å². The van der Waals surface area contributed by atoms with Crippen LogP contribution in [0.25, 0.3) is 0 Å². The number of fused-ring (bicyclic) bond motifs is 8. The van der Waals surface area contributed by atoms with Crippen LogP contribution in [0.15, 0.2) is 53.7 Å². The summed E-state index contributed by atoms with van der Waals surface area (Å²) in [7, 11) is 0. The molecule has 0 N–H and O–H groups in total. The van der Waals surface area contributed by atoms with Gasteiger partial charge in [-0.2, -0.15) is 0 Å². The number of hydrogen-bond donors (Lipinski definition) is 0. The van der Waals surface area contributed by atoms with Crippen LogP contribution in [0.5, 0.6) is 0 Å². The number of esters is 1. The van der Waals surface area contributed by atoms with Crippen molar-refractivity contribution in [3.63, 3.8) is 0 Å². The van der Waals surface area contributed by atoms with E-state index in [9.17, 15) is 14.4 Å². The van der Waals surface area contributed by atoms with Crippen molar-refractivity contribution < 1.29 is 24.0 Å². The highest BCUT2D eigenvalue weighted by molar-refractivity contribution is 6.30. The molecule has 6 atom stereocenters. The van der Waals surface area contributed by atoms with E-state index in [1.54, 1.807) is 31.2 Å². The fraction of sp³-hybridized carbons (Fsp3) is 0.360. The fourth-order valence-electron chi connectivity index (χ4n) is 6.20. The van der Waals surface area contributed by atoms with Crippen molar-refractivity contribution in [2.45, 2.75) is 19.4 Å². The molecule has 2 saturated carbocycles. The maximum atomic E-state index is 13.5. The summed E-state index contributed by atoms with van der Waals surface area (Å²) in [5, 5.41) is 4.99. The number of carbonyl (C=O) groups is 3. The SMILES string of the molecule is CCOC(=O)c1ccc(N2C(=O)[C@@H]3[C@H]4C[C@H]([C@@H]5ON=C(c6ccc(Cl)cc6)[C@H]45)[C@@H]3C2=O)cc1. The number of ether oxygens (including phenoxy) is 1. The normalized spacial score (nSPS) is 31.3. The second kappa shape index (κ2) is 7.42. The Bertz CT molecular complexity index is 1190. The van der Waals surface area contributed by atoms with Gasteiger partial charge >= 0.3 is 5.97 Å². The van der Waals surface area contributed by atoms with E-state index < -0.39 is 11.9 Å². The fourth-order valence-corrected chi connectivity index (χ4v) is 6.33. The number of carbonyl (C=O) groups excluding carboxylic acids is 3. The van der Waals surface area contributed by atoms with Crippen LogP contribution >= 0.6 is 11.6 Å². The maximum Gasteiger partial charge on any atom is 0.338 e. The van der Waals surface area contributed by atoms with Gasteiger partial charge in [0, 0.05) is 16.9 Å². The van der Waals surface area contributed by atoms with E-state index in [0.29, 0.717) is 16.3 Å². The summed E-state index contributed by atoms with van der Waals surface area (Å²) >= 11 is 6.03. The van der Waals surface area contributed by atoms with Crippen LogP contribution in [0.1, 0.15) is 29.3 Å². The van der Waals surface area contributed by atoms with Gasteiger partial charge in [-0.3, -0.25) is 14.5 Å². The molecule has 0 unspecified atom stereocenters. The van der Waals surface area contributed by atoms with E-state index in [2.05, 4.69) is 5.16 Å². The Labute approximate surface area is 195 Å². The molecule has 6 rings (SSSR count). The average molecular weight is 465 g/mol. The minimum absolute atomic E-state index is 0.00202. The predicted octanol–water partition coefficient (Wildman–Crippen LogP) is 3.69. The molecule has 3 fully saturated rings. The number of benzene rings is 2. The van der Waals surface area contributed by atoms with E-state index in [1.807, 2.05) is 24.3 Å². The highest BCUT2D eigenvalue weighted by Crippen LogP contribution is 2.62. The smallest absolute Gasteiger partial charge is 0.338 e. The zero-order valence-corrected chi connectivity index (χ0v) is 18.6. The summed E-state index contributed by atoms with van der Waals surface area (Å²) in [5.74, 6) is -1.63. The predicted molar refractivity (Wildman–Crippen MR) is 120 cm³/mol. The van der Waals surface area contributed by atoms with Crippen LogP contribution in [0, 0.1) is 29.6 Å². The first-order chi connectivity index (χ1) is 16.0. The third-order valence-corrected chi connectivity index (χ3v) is 7.72. The zero-order chi connectivity index (χ0) is 22.9. The minimum Gasteiger partial charge on any atom is -0.462 e. The van der Waals surface area contributed by atoms with Gasteiger partial charge in [-0.1, -0.05) is 28.9 Å². The lowest BCUT2D eigenvalue weighted by Gasteiger charge is -2.29. The number of anilines is 1. The summed E-state index contributed by atoms with van der Waals surface area (Å²) < 4.78 is 5.01. The molecular formula is C25H21ClN2O5. The topological polar surface area (TPSA) is 85.3 Å². The molecule has 2 amide bonds. The van der Waals surface area contributed by atoms with E-state index in [0.717, 1.165) is 17.7 Å². The van der Waals surface area contributed by atoms with Crippen molar-refractivity contribution in [1.82, 2.24) is 0 Å². The van der Waals surface area contributed by atoms with Crippen molar-refractivity contribution in [3.8, 4) is 0 Å². The van der Waals surface area contributed by atoms with Crippen molar-refractivity contribution in [2.24, 2.45) is 34.7 Å². The van der Waals surface area contributed by atoms with Gasteiger partial charge in [0.05, 0.1) is 35.4 Å². The monoisotopic (exact) mass is 464 g/mol. The Morgan fingerprint density at radius 2 is 1.70 bits per heavy atom. The lowest BCUT2D eigenvalue weighted by atomic mass is 9.71. The largest absolute Gasteiger partial charge is 0.462 e. The molecule has 0 spiro atoms. The van der Waals surface area contributed by atoms with Gasteiger partial charge < -0.3 is 9.57 Å². The van der Waals surface area contributed by atoms with Gasteiger partial charge in [0.25, 0.3) is 0 Å². The molecule has 2 bridgehead atoms. The van der Waals surface area contributed by atoms with E-state index in [-0.39, 0.29) is 48.2 Å². The molecular weight excluding hydrogens is 444 g/mol. The van der Waals surface area contributed by atoms with Gasteiger partial charge in [-0.25, -0.2) is 4.79 Å². The van der Waals surface area contributed by atoms with Gasteiger partial charge in [0.15, 0.2) is 0 Å². The zero-order valence-electron chi connectivity index (χ0n) is 17.8. The van der Waals surface area contributed by atoms with Crippen LogP contribution in [-0.2, 0) is 19.2 Å². The quantitative estimate of drug-likeness (QED) is 0.509. The average Bonchev–Trinajstić information content (AvgIpc) is 3.55. The summed E-state index contributed by atoms with van der Waals surface area (Å²) in [6.07, 6.45) is 0.592. The van der Waals surface area contributed by atoms with Crippen LogP contribution in [-0.4, -0.2) is 36.2 Å². The standard InChI is InChI=1S/C25H21ClN2O5/c1-2-32-25(31)13-5-9-15(10-6-13)28-23(29)18-16-11-17(19(18)24(28)30)22-20(16)21(27-33-22)12-3-7-14(26)8-4-12/h3-10,16-20,22H,2,11H2,1H3/t16-,17+,18-,19+,20+,22+/m1/s1. The number of amides is 2. The number of oxime groups is 1. The molecule has 8 heteroatoms. The van der Waals surface area contributed by atoms with Crippen LogP contribution in [0.2, 0.25) is 5.02 Å². The maximum absolute atomic E-state index is 13.5. The van der Waals surface area contributed by atoms with Gasteiger partial charge in [-0.15, -0.1) is 0 Å². The molecule has 0 aromatic heterocycles. The molecule has 168 valence electrons. The molecule has 7 nitrogen and oxygen atoms in total. The van der Waals surface area contributed by atoms with E-state index in [1.165, 1.54) is 4.90 Å². The van der Waals surface area contributed by atoms with Crippen molar-refractivity contribution in [3.05, 3.63) is 64.7 Å². The molecule has 1 saturated heterocycles. The first kappa shape index (κ1) is 20.4. The summed E-state index contributed by atoms with van der Waals surface area (Å²) in [6.45, 7) is 2.02. The highest BCUT2D eigenvalue weighted by Gasteiger charge is 2.70. The van der Waals surface area contributed by atoms with Crippen LogP contribution < -0.4 is 4.90 Å². The van der Waals surface area contributed by atoms with Crippen molar-refractivity contribution in [2.75, 3.05) is 11.5 Å². The molecule has 4 aliphatic rings. The van der Waals surface area contributed by atoms with E-state index in [4.69, 9.17) is 21.2 Å². The lowest BCUT2D eigenvalue weighted by molar-refractivity contribution is -0.125. The van der Waals surface area contributed by atoms with Crippen molar-refractivity contribution >= 4 is 40.8 Å². The van der Waals surface area contributed by atoms with Crippen LogP contribution in [0.3, 0.4) is 0 Å². The number of hydrogen-bond acceptors (Lipinski definition) is 6. The molecule has 2 aromatic rings. The van der Waals surface area contributed by atoms with Crippen molar-refractivity contribution in [1.29, 1.82) is 0 Å². The highest BCUT2D eigenvalue weighted by atomic mass is 35.5. The molecule has 0 radical (unpaired) electrons. The van der Waals surface area contributed by atoms with E-state index >= 15 is 0 Å². The number of nitrogens with zero attached hydrogens (tertiary/aromatic N) is 2. The third-order valence-electron chi connectivity index (χ3n) is 7.47. The Kier molecular flexibility index (Phi) is 4.59.